The average molecular weight is 178 g/mol. The summed E-state index contributed by atoms with van der Waals surface area (Å²) in [5, 5.41) is 0. The number of imidazole rings is 1. The van der Waals surface area contributed by atoms with Gasteiger partial charge in [-0.05, 0) is 12.5 Å². The summed E-state index contributed by atoms with van der Waals surface area (Å²) in [5.41, 5.74) is 0. The normalized spacial score (nSPS) is 10.4. The summed E-state index contributed by atoms with van der Waals surface area (Å²) in [6, 6.07) is 0. The monoisotopic (exact) mass is 178 g/mol. The second kappa shape index (κ2) is 8.78. The van der Waals surface area contributed by atoms with Gasteiger partial charge in [0.25, 0.3) is 0 Å². The highest BCUT2D eigenvalue weighted by Gasteiger charge is 1.76. The van der Waals surface area contributed by atoms with Gasteiger partial charge in [0.2, 0.25) is 0 Å². The average Bonchev–Trinajstić information content (AvgIpc) is 2.68. The molecule has 1 aromatic heterocycles. The van der Waals surface area contributed by atoms with E-state index in [1.165, 1.54) is 0 Å². The molecule has 2 nitrogen and oxygen atoms in total. The fourth-order valence-electron chi connectivity index (χ4n) is 0.721. The first-order valence-corrected chi connectivity index (χ1v) is 4.74. The van der Waals surface area contributed by atoms with Gasteiger partial charge in [-0.25, -0.2) is 4.98 Å². The largest absolute Gasteiger partial charge is 0.313 e. The van der Waals surface area contributed by atoms with Gasteiger partial charge in [-0.1, -0.05) is 32.9 Å². The zero-order valence-electron chi connectivity index (χ0n) is 8.64. The van der Waals surface area contributed by atoms with Crippen LogP contribution in [0.2, 0.25) is 0 Å². The van der Waals surface area contributed by atoms with Crippen LogP contribution in [0.25, 0.3) is 6.20 Å². The summed E-state index contributed by atoms with van der Waals surface area (Å²) in [5.74, 6) is 0. The van der Waals surface area contributed by atoms with Crippen molar-refractivity contribution in [3.63, 3.8) is 0 Å². The Morgan fingerprint density at radius 2 is 2.08 bits per heavy atom. The van der Waals surface area contributed by atoms with E-state index in [4.69, 9.17) is 0 Å². The number of hydrogen-bond acceptors (Lipinski definition) is 1. The van der Waals surface area contributed by atoms with Crippen molar-refractivity contribution >= 4 is 6.20 Å². The van der Waals surface area contributed by atoms with E-state index in [-0.39, 0.29) is 0 Å². The molecule has 0 radical (unpaired) electrons. The summed E-state index contributed by atoms with van der Waals surface area (Å²) >= 11 is 0. The van der Waals surface area contributed by atoms with Crippen molar-refractivity contribution in [2.75, 3.05) is 0 Å². The van der Waals surface area contributed by atoms with Crippen molar-refractivity contribution in [1.82, 2.24) is 9.55 Å². The highest BCUT2D eigenvalue weighted by molar-refractivity contribution is 5.26. The molecular weight excluding hydrogens is 160 g/mol. The summed E-state index contributed by atoms with van der Waals surface area (Å²) < 4.78 is 1.90. The zero-order valence-corrected chi connectivity index (χ0v) is 8.64. The molecular formula is C11H18N2. The number of allylic oxidation sites excluding steroid dienone is 3. The molecule has 0 aliphatic rings. The van der Waals surface area contributed by atoms with Gasteiger partial charge in [0, 0.05) is 18.6 Å². The van der Waals surface area contributed by atoms with Crippen molar-refractivity contribution in [2.45, 2.75) is 27.2 Å². The van der Waals surface area contributed by atoms with E-state index in [9.17, 15) is 0 Å². The minimum Gasteiger partial charge on any atom is -0.313 e. The number of rotatable bonds is 3. The smallest absolute Gasteiger partial charge is 0.0986 e. The van der Waals surface area contributed by atoms with E-state index in [0.717, 1.165) is 6.42 Å². The molecule has 13 heavy (non-hydrogen) atoms. The molecule has 1 heterocycles. The Labute approximate surface area is 80.6 Å². The molecule has 0 spiro atoms. The van der Waals surface area contributed by atoms with Crippen LogP contribution in [0.4, 0.5) is 0 Å². The van der Waals surface area contributed by atoms with E-state index in [1.807, 2.05) is 43.0 Å². The Balaban J connectivity index is 0.000000671. The molecule has 0 unspecified atom stereocenters. The summed E-state index contributed by atoms with van der Waals surface area (Å²) in [4.78, 5) is 3.91. The molecule has 0 N–H and O–H groups in total. The van der Waals surface area contributed by atoms with Crippen LogP contribution in [0.3, 0.4) is 0 Å². The highest BCUT2D eigenvalue weighted by atomic mass is 15.0. The fraction of sp³-hybridized carbons (Fsp3) is 0.364. The lowest BCUT2D eigenvalue weighted by atomic mass is 10.4. The molecule has 72 valence electrons. The van der Waals surface area contributed by atoms with Gasteiger partial charge in [0.1, 0.15) is 0 Å². The fourth-order valence-corrected chi connectivity index (χ4v) is 0.721. The molecule has 0 fully saturated rings. The van der Waals surface area contributed by atoms with Crippen molar-refractivity contribution < 1.29 is 0 Å². The lowest BCUT2D eigenvalue weighted by Gasteiger charge is -1.85. The molecule has 1 rings (SSSR count). The molecule has 0 bridgehead atoms. The predicted octanol–water partition coefficient (Wildman–Crippen LogP) is 3.35. The third-order valence-corrected chi connectivity index (χ3v) is 1.27. The molecule has 0 saturated heterocycles. The molecule has 0 aliphatic carbocycles. The highest BCUT2D eigenvalue weighted by Crippen LogP contribution is 1.88. The topological polar surface area (TPSA) is 17.8 Å². The van der Waals surface area contributed by atoms with Crippen LogP contribution in [0.15, 0.2) is 36.9 Å². The van der Waals surface area contributed by atoms with Crippen LogP contribution in [-0.2, 0) is 0 Å². The predicted molar refractivity (Wildman–Crippen MR) is 58.3 cm³/mol. The quantitative estimate of drug-likeness (QED) is 0.649. The second-order valence-corrected chi connectivity index (χ2v) is 2.19. The maximum atomic E-state index is 3.91. The van der Waals surface area contributed by atoms with E-state index in [2.05, 4.69) is 18.0 Å². The van der Waals surface area contributed by atoms with Gasteiger partial charge in [0.05, 0.1) is 6.33 Å². The molecule has 0 saturated carbocycles. The van der Waals surface area contributed by atoms with Gasteiger partial charge in [-0.3, -0.25) is 0 Å². The molecule has 0 aliphatic heterocycles. The third kappa shape index (κ3) is 5.91. The number of aromatic nitrogens is 2. The van der Waals surface area contributed by atoms with Crippen LogP contribution in [0.1, 0.15) is 27.2 Å². The standard InChI is InChI=1S/C9H12N2.C2H6/c1-2-3-4-5-7-11-8-6-10-9-11;1-2/h3-9H,2H2,1H3;1-2H3/b4-3-,7-5-;. The van der Waals surface area contributed by atoms with Crippen LogP contribution >= 0.6 is 0 Å². The van der Waals surface area contributed by atoms with Crippen LogP contribution < -0.4 is 0 Å². The Hall–Kier alpha value is -1.31. The van der Waals surface area contributed by atoms with Crippen molar-refractivity contribution in [2.24, 2.45) is 0 Å². The van der Waals surface area contributed by atoms with E-state index in [0.29, 0.717) is 0 Å². The third-order valence-electron chi connectivity index (χ3n) is 1.27. The second-order valence-electron chi connectivity index (χ2n) is 2.19. The SMILES string of the molecule is CC.CC/C=C\C=C/n1ccnc1. The lowest BCUT2D eigenvalue weighted by Crippen LogP contribution is -1.76. The van der Waals surface area contributed by atoms with Crippen molar-refractivity contribution in [3.05, 3.63) is 36.9 Å². The molecule has 0 aromatic carbocycles. The van der Waals surface area contributed by atoms with Crippen LogP contribution in [-0.4, -0.2) is 9.55 Å². The Kier molecular flexibility index (Phi) is 7.90. The number of nitrogens with zero attached hydrogens (tertiary/aromatic N) is 2. The van der Waals surface area contributed by atoms with Crippen LogP contribution in [0, 0.1) is 0 Å². The zero-order chi connectivity index (χ0) is 9.94. The lowest BCUT2D eigenvalue weighted by molar-refractivity contribution is 1.14. The van der Waals surface area contributed by atoms with E-state index in [1.54, 1.807) is 12.5 Å². The van der Waals surface area contributed by atoms with E-state index >= 15 is 0 Å². The van der Waals surface area contributed by atoms with Crippen molar-refractivity contribution in [3.8, 4) is 0 Å². The number of hydrogen-bond donors (Lipinski definition) is 0. The van der Waals surface area contributed by atoms with Gasteiger partial charge in [-0.15, -0.1) is 0 Å². The Morgan fingerprint density at radius 1 is 1.31 bits per heavy atom. The first-order chi connectivity index (χ1) is 6.43. The molecule has 1 aromatic rings. The van der Waals surface area contributed by atoms with E-state index < -0.39 is 0 Å². The maximum Gasteiger partial charge on any atom is 0.0986 e. The first-order valence-electron chi connectivity index (χ1n) is 4.74. The summed E-state index contributed by atoms with van der Waals surface area (Å²) in [6.07, 6.45) is 14.6. The first kappa shape index (κ1) is 11.7. The molecule has 2 heteroatoms. The Morgan fingerprint density at radius 3 is 2.62 bits per heavy atom. The molecule has 0 amide bonds. The van der Waals surface area contributed by atoms with Gasteiger partial charge in [0.15, 0.2) is 0 Å². The Bertz CT molecular complexity index is 233. The van der Waals surface area contributed by atoms with Gasteiger partial charge >= 0.3 is 0 Å². The summed E-state index contributed by atoms with van der Waals surface area (Å²) in [7, 11) is 0. The minimum absolute atomic E-state index is 1.08. The van der Waals surface area contributed by atoms with Crippen molar-refractivity contribution in [1.29, 1.82) is 0 Å². The van der Waals surface area contributed by atoms with Gasteiger partial charge < -0.3 is 4.57 Å². The summed E-state index contributed by atoms with van der Waals surface area (Å²) in [6.45, 7) is 6.11. The van der Waals surface area contributed by atoms with Crippen LogP contribution in [0.5, 0.6) is 0 Å². The maximum absolute atomic E-state index is 3.91. The van der Waals surface area contributed by atoms with Gasteiger partial charge in [-0.2, -0.15) is 0 Å². The minimum atomic E-state index is 1.08. The molecule has 0 atom stereocenters.